The van der Waals surface area contributed by atoms with Gasteiger partial charge in [-0.05, 0) is 32.2 Å². The highest BCUT2D eigenvalue weighted by atomic mass is 16.5. The number of nitrogens with zero attached hydrogens (tertiary/aromatic N) is 2. The minimum absolute atomic E-state index is 0.0429. The molecule has 3 rings (SSSR count). The Hall–Kier alpha value is -1.14. The Labute approximate surface area is 125 Å². The molecule has 2 heterocycles. The third-order valence-electron chi connectivity index (χ3n) is 4.81. The minimum atomic E-state index is -0.830. The molecule has 0 aromatic heterocycles. The molecule has 1 amide bonds. The van der Waals surface area contributed by atoms with Crippen LogP contribution in [0.2, 0.25) is 0 Å². The highest BCUT2D eigenvalue weighted by Crippen LogP contribution is 2.40. The molecule has 3 atom stereocenters. The number of carbonyl (C=O) groups excluding carboxylic acids is 1. The van der Waals surface area contributed by atoms with E-state index in [1.54, 1.807) is 0 Å². The van der Waals surface area contributed by atoms with E-state index in [4.69, 9.17) is 9.84 Å². The van der Waals surface area contributed by atoms with Crippen LogP contribution in [0.3, 0.4) is 0 Å². The number of amides is 1. The minimum Gasteiger partial charge on any atom is -0.481 e. The molecule has 0 bridgehead atoms. The number of carboxylic acid groups (broad SMARTS) is 1. The van der Waals surface area contributed by atoms with E-state index in [1.807, 2.05) is 4.90 Å². The third-order valence-corrected chi connectivity index (χ3v) is 4.81. The van der Waals surface area contributed by atoms with Crippen LogP contribution in [0.25, 0.3) is 0 Å². The number of aliphatic carboxylic acids is 1. The Morgan fingerprint density at radius 3 is 2.62 bits per heavy atom. The fraction of sp³-hybridized carbons (Fsp3) is 0.867. The van der Waals surface area contributed by atoms with Crippen LogP contribution >= 0.6 is 0 Å². The van der Waals surface area contributed by atoms with Crippen LogP contribution in [0.15, 0.2) is 0 Å². The molecule has 3 unspecified atom stereocenters. The lowest BCUT2D eigenvalue weighted by molar-refractivity contribution is -0.141. The third kappa shape index (κ3) is 3.55. The summed E-state index contributed by atoms with van der Waals surface area (Å²) in [5.41, 5.74) is 0. The molecule has 0 spiro atoms. The number of hydrogen-bond donors (Lipinski definition) is 1. The second-order valence-electron chi connectivity index (χ2n) is 6.40. The summed E-state index contributed by atoms with van der Waals surface area (Å²) in [6, 6.07) is 0. The molecule has 21 heavy (non-hydrogen) atoms. The van der Waals surface area contributed by atoms with Crippen molar-refractivity contribution in [3.8, 4) is 0 Å². The zero-order valence-electron chi connectivity index (χ0n) is 12.4. The van der Waals surface area contributed by atoms with Crippen molar-refractivity contribution in [1.82, 2.24) is 9.80 Å². The second-order valence-corrected chi connectivity index (χ2v) is 6.40. The van der Waals surface area contributed by atoms with E-state index in [9.17, 15) is 9.59 Å². The van der Waals surface area contributed by atoms with Gasteiger partial charge in [0.2, 0.25) is 5.91 Å². The predicted octanol–water partition coefficient (Wildman–Crippen LogP) is 0.420. The van der Waals surface area contributed by atoms with Crippen molar-refractivity contribution in [3.63, 3.8) is 0 Å². The van der Waals surface area contributed by atoms with Gasteiger partial charge in [-0.15, -0.1) is 0 Å². The number of ether oxygens (including phenoxy) is 1. The van der Waals surface area contributed by atoms with Crippen molar-refractivity contribution in [3.05, 3.63) is 0 Å². The van der Waals surface area contributed by atoms with Gasteiger partial charge < -0.3 is 14.7 Å². The van der Waals surface area contributed by atoms with Crippen molar-refractivity contribution in [2.24, 2.45) is 11.8 Å². The quantitative estimate of drug-likeness (QED) is 0.814. The Bertz CT molecular complexity index is 408. The summed E-state index contributed by atoms with van der Waals surface area (Å²) < 4.78 is 5.67. The van der Waals surface area contributed by atoms with Gasteiger partial charge in [0.1, 0.15) is 0 Å². The molecule has 1 aliphatic carbocycles. The summed E-state index contributed by atoms with van der Waals surface area (Å²) in [6.07, 6.45) is 4.13. The molecule has 2 aliphatic heterocycles. The maximum Gasteiger partial charge on any atom is 0.307 e. The predicted molar refractivity (Wildman–Crippen MR) is 75.8 cm³/mol. The van der Waals surface area contributed by atoms with Gasteiger partial charge in [0, 0.05) is 32.8 Å². The van der Waals surface area contributed by atoms with Gasteiger partial charge in [-0.25, -0.2) is 0 Å². The van der Waals surface area contributed by atoms with Crippen LogP contribution in [0.5, 0.6) is 0 Å². The summed E-state index contributed by atoms with van der Waals surface area (Å²) >= 11 is 0. The molecule has 3 aliphatic rings. The molecular formula is C15H24N2O4. The van der Waals surface area contributed by atoms with E-state index in [0.29, 0.717) is 19.1 Å². The van der Waals surface area contributed by atoms with Crippen molar-refractivity contribution in [1.29, 1.82) is 0 Å². The second kappa shape index (κ2) is 6.32. The first-order chi connectivity index (χ1) is 10.1. The average Bonchev–Trinajstić information content (AvgIpc) is 3.17. The zero-order chi connectivity index (χ0) is 14.8. The first kappa shape index (κ1) is 14.8. The summed E-state index contributed by atoms with van der Waals surface area (Å²) in [7, 11) is 0. The molecule has 0 aromatic carbocycles. The number of rotatable bonds is 4. The lowest BCUT2D eigenvalue weighted by Crippen LogP contribution is -2.38. The number of carbonyl (C=O) groups is 2. The monoisotopic (exact) mass is 296 g/mol. The Morgan fingerprint density at radius 1 is 1.10 bits per heavy atom. The van der Waals surface area contributed by atoms with Crippen LogP contribution in [-0.2, 0) is 14.3 Å². The van der Waals surface area contributed by atoms with E-state index in [1.165, 1.54) is 0 Å². The Morgan fingerprint density at radius 2 is 1.95 bits per heavy atom. The molecule has 118 valence electrons. The van der Waals surface area contributed by atoms with Gasteiger partial charge in [-0.1, -0.05) is 0 Å². The molecule has 2 saturated heterocycles. The van der Waals surface area contributed by atoms with E-state index in [2.05, 4.69) is 4.90 Å². The summed E-state index contributed by atoms with van der Waals surface area (Å²) in [5.74, 6) is -1.50. The first-order valence-corrected chi connectivity index (χ1v) is 8.00. The fourth-order valence-corrected chi connectivity index (χ4v) is 3.43. The normalized spacial score (nSPS) is 33.7. The largest absolute Gasteiger partial charge is 0.481 e. The van der Waals surface area contributed by atoms with Gasteiger partial charge in [0.05, 0.1) is 17.9 Å². The Kier molecular flexibility index (Phi) is 4.45. The highest BCUT2D eigenvalue weighted by Gasteiger charge is 2.49. The van der Waals surface area contributed by atoms with E-state index < -0.39 is 11.9 Å². The van der Waals surface area contributed by atoms with E-state index >= 15 is 0 Å². The summed E-state index contributed by atoms with van der Waals surface area (Å²) in [5, 5.41) is 8.93. The molecule has 0 radical (unpaired) electrons. The zero-order valence-corrected chi connectivity index (χ0v) is 12.4. The van der Waals surface area contributed by atoms with Crippen LogP contribution in [0.4, 0.5) is 0 Å². The van der Waals surface area contributed by atoms with Crippen LogP contribution < -0.4 is 0 Å². The summed E-state index contributed by atoms with van der Waals surface area (Å²) in [4.78, 5) is 27.4. The highest BCUT2D eigenvalue weighted by molar-refractivity contribution is 5.89. The molecule has 6 heteroatoms. The maximum absolute atomic E-state index is 12.3. The van der Waals surface area contributed by atoms with Crippen molar-refractivity contribution in [2.75, 3.05) is 39.3 Å². The molecular weight excluding hydrogens is 272 g/mol. The average molecular weight is 296 g/mol. The first-order valence-electron chi connectivity index (χ1n) is 8.00. The van der Waals surface area contributed by atoms with Crippen molar-refractivity contribution >= 4 is 11.9 Å². The fourth-order valence-electron chi connectivity index (χ4n) is 3.43. The molecule has 6 nitrogen and oxygen atoms in total. The van der Waals surface area contributed by atoms with E-state index in [0.717, 1.165) is 52.0 Å². The maximum atomic E-state index is 12.3. The van der Waals surface area contributed by atoms with Crippen LogP contribution in [0, 0.1) is 11.8 Å². The topological polar surface area (TPSA) is 70.1 Å². The molecule has 1 N–H and O–H groups in total. The van der Waals surface area contributed by atoms with Crippen LogP contribution in [-0.4, -0.2) is 72.2 Å². The Balaban J connectivity index is 1.46. The molecule has 1 saturated carbocycles. The van der Waals surface area contributed by atoms with Crippen molar-refractivity contribution in [2.45, 2.75) is 31.8 Å². The van der Waals surface area contributed by atoms with Gasteiger partial charge in [-0.2, -0.15) is 0 Å². The van der Waals surface area contributed by atoms with Gasteiger partial charge in [0.15, 0.2) is 0 Å². The van der Waals surface area contributed by atoms with Gasteiger partial charge in [-0.3, -0.25) is 14.5 Å². The van der Waals surface area contributed by atoms with Crippen LogP contribution in [0.1, 0.15) is 25.7 Å². The molecule has 0 aromatic rings. The van der Waals surface area contributed by atoms with Crippen molar-refractivity contribution < 1.29 is 19.4 Å². The van der Waals surface area contributed by atoms with Gasteiger partial charge in [0.25, 0.3) is 0 Å². The number of hydrogen-bond acceptors (Lipinski definition) is 4. The number of carboxylic acids is 1. The SMILES string of the molecule is O=C(O)C1CC1C(=O)N1CCCN(CC2CCCO2)CC1. The lowest BCUT2D eigenvalue weighted by atomic mass is 10.2. The lowest BCUT2D eigenvalue weighted by Gasteiger charge is -2.24. The van der Waals surface area contributed by atoms with E-state index in [-0.39, 0.29) is 11.8 Å². The molecule has 3 fully saturated rings. The standard InChI is InChI=1S/C15H24N2O4/c18-14(12-9-13(12)15(19)20)17-5-2-4-16(6-7-17)10-11-3-1-8-21-11/h11-13H,1-10H2,(H,19,20). The summed E-state index contributed by atoms with van der Waals surface area (Å²) in [6.45, 7) is 5.18. The van der Waals surface area contributed by atoms with Gasteiger partial charge >= 0.3 is 5.97 Å². The smallest absolute Gasteiger partial charge is 0.307 e.